The van der Waals surface area contributed by atoms with Gasteiger partial charge in [0.1, 0.15) is 0 Å². The van der Waals surface area contributed by atoms with Crippen LogP contribution in [0.5, 0.6) is 0 Å². The molecule has 1 atom stereocenters. The summed E-state index contributed by atoms with van der Waals surface area (Å²) in [5.74, 6) is -1.92. The fraction of sp³-hybridized carbons (Fsp3) is 0.333. The maximum atomic E-state index is 13.1. The standard InChI is InChI=1S/C9H9BrF2O/c1-2-7(13)8-5(10)3-4-6(11)9(8)12/h3-4,7,13H,2H2,1H3. The molecule has 0 saturated carbocycles. The summed E-state index contributed by atoms with van der Waals surface area (Å²) in [6.07, 6.45) is -0.621. The molecule has 0 bridgehead atoms. The van der Waals surface area contributed by atoms with E-state index in [-0.39, 0.29) is 5.56 Å². The van der Waals surface area contributed by atoms with Crippen molar-refractivity contribution < 1.29 is 13.9 Å². The van der Waals surface area contributed by atoms with E-state index in [1.54, 1.807) is 6.92 Å². The second kappa shape index (κ2) is 4.15. The summed E-state index contributed by atoms with van der Waals surface area (Å²) in [5, 5.41) is 9.38. The quantitative estimate of drug-likeness (QED) is 0.800. The van der Waals surface area contributed by atoms with Gasteiger partial charge in [-0.05, 0) is 18.6 Å². The third-order valence-electron chi connectivity index (χ3n) is 1.80. The molecule has 72 valence electrons. The molecule has 0 heterocycles. The molecule has 0 aliphatic carbocycles. The van der Waals surface area contributed by atoms with Gasteiger partial charge in [0.2, 0.25) is 0 Å². The Morgan fingerprint density at radius 3 is 2.62 bits per heavy atom. The summed E-state index contributed by atoms with van der Waals surface area (Å²) in [7, 11) is 0. The van der Waals surface area contributed by atoms with Crippen LogP contribution in [0.15, 0.2) is 16.6 Å². The molecule has 1 aromatic rings. The Kier molecular flexibility index (Phi) is 3.39. The molecular formula is C9H9BrF2O. The molecule has 0 amide bonds. The first kappa shape index (κ1) is 10.6. The Labute approximate surface area is 83.5 Å². The van der Waals surface area contributed by atoms with Crippen molar-refractivity contribution in [2.24, 2.45) is 0 Å². The van der Waals surface area contributed by atoms with Crippen molar-refractivity contribution >= 4 is 15.9 Å². The van der Waals surface area contributed by atoms with E-state index in [0.717, 1.165) is 6.07 Å². The molecule has 0 fully saturated rings. The molecule has 0 aliphatic heterocycles. The molecule has 0 aliphatic rings. The molecule has 1 unspecified atom stereocenters. The van der Waals surface area contributed by atoms with E-state index in [1.807, 2.05) is 0 Å². The van der Waals surface area contributed by atoms with Crippen LogP contribution in [0.2, 0.25) is 0 Å². The summed E-state index contributed by atoms with van der Waals surface area (Å²) in [4.78, 5) is 0. The third kappa shape index (κ3) is 2.06. The minimum absolute atomic E-state index is 0.0116. The molecule has 0 spiro atoms. The zero-order chi connectivity index (χ0) is 10.0. The van der Waals surface area contributed by atoms with Crippen LogP contribution in [0.25, 0.3) is 0 Å². The number of halogens is 3. The second-order valence-electron chi connectivity index (χ2n) is 2.68. The van der Waals surface area contributed by atoms with E-state index in [9.17, 15) is 13.9 Å². The molecule has 13 heavy (non-hydrogen) atoms. The maximum Gasteiger partial charge on any atom is 0.165 e. The average molecular weight is 251 g/mol. The SMILES string of the molecule is CCC(O)c1c(Br)ccc(F)c1F. The van der Waals surface area contributed by atoms with Crippen LogP contribution < -0.4 is 0 Å². The van der Waals surface area contributed by atoms with Gasteiger partial charge in [-0.1, -0.05) is 22.9 Å². The zero-order valence-corrected chi connectivity index (χ0v) is 8.61. The summed E-state index contributed by atoms with van der Waals surface area (Å²) in [5.41, 5.74) is -0.0116. The highest BCUT2D eigenvalue weighted by molar-refractivity contribution is 9.10. The van der Waals surface area contributed by atoms with E-state index in [4.69, 9.17) is 0 Å². The Balaban J connectivity index is 3.25. The van der Waals surface area contributed by atoms with Crippen LogP contribution in [-0.4, -0.2) is 5.11 Å². The van der Waals surface area contributed by atoms with Gasteiger partial charge in [-0.25, -0.2) is 8.78 Å². The lowest BCUT2D eigenvalue weighted by Gasteiger charge is -2.11. The van der Waals surface area contributed by atoms with Crippen molar-refractivity contribution in [3.8, 4) is 0 Å². The fourth-order valence-corrected chi connectivity index (χ4v) is 1.62. The summed E-state index contributed by atoms with van der Waals surface area (Å²) < 4.78 is 26.3. The number of aliphatic hydroxyl groups is 1. The van der Waals surface area contributed by atoms with Crippen molar-refractivity contribution in [1.29, 1.82) is 0 Å². The maximum absolute atomic E-state index is 13.1. The van der Waals surface area contributed by atoms with Gasteiger partial charge in [-0.3, -0.25) is 0 Å². The van der Waals surface area contributed by atoms with E-state index >= 15 is 0 Å². The van der Waals surface area contributed by atoms with Gasteiger partial charge >= 0.3 is 0 Å². The summed E-state index contributed by atoms with van der Waals surface area (Å²) in [6, 6.07) is 2.40. The lowest BCUT2D eigenvalue weighted by molar-refractivity contribution is 0.167. The van der Waals surface area contributed by atoms with Gasteiger partial charge in [-0.2, -0.15) is 0 Å². The number of benzene rings is 1. The van der Waals surface area contributed by atoms with Crippen LogP contribution in [0.1, 0.15) is 25.0 Å². The van der Waals surface area contributed by atoms with Gasteiger partial charge in [0.05, 0.1) is 6.10 Å². The van der Waals surface area contributed by atoms with Gasteiger partial charge < -0.3 is 5.11 Å². The third-order valence-corrected chi connectivity index (χ3v) is 2.49. The topological polar surface area (TPSA) is 20.2 Å². The summed E-state index contributed by atoms with van der Waals surface area (Å²) in [6.45, 7) is 1.70. The first-order valence-corrected chi connectivity index (χ1v) is 4.68. The van der Waals surface area contributed by atoms with Gasteiger partial charge in [0.15, 0.2) is 11.6 Å². The number of hydrogen-bond donors (Lipinski definition) is 1. The Hall–Kier alpha value is -0.480. The molecular weight excluding hydrogens is 242 g/mol. The van der Waals surface area contributed by atoms with E-state index in [1.165, 1.54) is 6.07 Å². The van der Waals surface area contributed by atoms with Crippen LogP contribution in [0, 0.1) is 11.6 Å². The average Bonchev–Trinajstić information content (AvgIpc) is 2.12. The Morgan fingerprint density at radius 1 is 1.46 bits per heavy atom. The normalized spacial score (nSPS) is 13.0. The van der Waals surface area contributed by atoms with E-state index in [0.29, 0.717) is 10.9 Å². The van der Waals surface area contributed by atoms with Crippen molar-refractivity contribution in [2.75, 3.05) is 0 Å². The van der Waals surface area contributed by atoms with Crippen LogP contribution in [0.4, 0.5) is 8.78 Å². The highest BCUT2D eigenvalue weighted by Crippen LogP contribution is 2.29. The monoisotopic (exact) mass is 250 g/mol. The first-order chi connectivity index (χ1) is 6.07. The Bertz CT molecular complexity index is 315. The molecule has 0 radical (unpaired) electrons. The smallest absolute Gasteiger partial charge is 0.165 e. The molecule has 0 aromatic heterocycles. The van der Waals surface area contributed by atoms with E-state index in [2.05, 4.69) is 15.9 Å². The van der Waals surface area contributed by atoms with Crippen molar-refractivity contribution in [1.82, 2.24) is 0 Å². The zero-order valence-electron chi connectivity index (χ0n) is 7.02. The van der Waals surface area contributed by atoms with Gasteiger partial charge in [0.25, 0.3) is 0 Å². The highest BCUT2D eigenvalue weighted by Gasteiger charge is 2.17. The number of rotatable bonds is 2. The molecule has 1 aromatic carbocycles. The lowest BCUT2D eigenvalue weighted by Crippen LogP contribution is -2.02. The predicted octanol–water partition coefficient (Wildman–Crippen LogP) is 3.17. The minimum Gasteiger partial charge on any atom is -0.388 e. The Morgan fingerprint density at radius 2 is 2.08 bits per heavy atom. The second-order valence-corrected chi connectivity index (χ2v) is 3.54. The number of hydrogen-bond acceptors (Lipinski definition) is 1. The minimum atomic E-state index is -0.983. The van der Waals surface area contributed by atoms with Crippen LogP contribution in [-0.2, 0) is 0 Å². The lowest BCUT2D eigenvalue weighted by atomic mass is 10.1. The number of aliphatic hydroxyl groups excluding tert-OH is 1. The van der Waals surface area contributed by atoms with Crippen LogP contribution in [0.3, 0.4) is 0 Å². The largest absolute Gasteiger partial charge is 0.388 e. The fourth-order valence-electron chi connectivity index (χ4n) is 1.05. The van der Waals surface area contributed by atoms with Crippen LogP contribution >= 0.6 is 15.9 Å². The van der Waals surface area contributed by atoms with Crippen molar-refractivity contribution in [3.05, 3.63) is 33.8 Å². The first-order valence-electron chi connectivity index (χ1n) is 3.89. The molecule has 1 rings (SSSR count). The van der Waals surface area contributed by atoms with Gasteiger partial charge in [0, 0.05) is 10.0 Å². The molecule has 1 N–H and O–H groups in total. The van der Waals surface area contributed by atoms with Gasteiger partial charge in [-0.15, -0.1) is 0 Å². The molecule has 1 nitrogen and oxygen atoms in total. The van der Waals surface area contributed by atoms with Crippen molar-refractivity contribution in [2.45, 2.75) is 19.4 Å². The summed E-state index contributed by atoms with van der Waals surface area (Å²) >= 11 is 3.06. The predicted molar refractivity (Wildman–Crippen MR) is 49.3 cm³/mol. The van der Waals surface area contributed by atoms with Crippen molar-refractivity contribution in [3.63, 3.8) is 0 Å². The molecule has 4 heteroatoms. The van der Waals surface area contributed by atoms with E-state index < -0.39 is 17.7 Å². The molecule has 0 saturated heterocycles. The highest BCUT2D eigenvalue weighted by atomic mass is 79.9.